The molecule has 2 amide bonds. The Morgan fingerprint density at radius 2 is 1.96 bits per heavy atom. The summed E-state index contributed by atoms with van der Waals surface area (Å²) in [6, 6.07) is 6.14. The first-order valence-electron chi connectivity index (χ1n) is 7.00. The van der Waals surface area contributed by atoms with E-state index in [-0.39, 0.29) is 25.5 Å². The zero-order valence-corrected chi connectivity index (χ0v) is 14.1. The van der Waals surface area contributed by atoms with Crippen LogP contribution >= 0.6 is 12.4 Å². The molecular formula is C15H19ClFN5O2. The molecule has 1 heterocycles. The first-order chi connectivity index (χ1) is 10.9. The van der Waals surface area contributed by atoms with Gasteiger partial charge in [0.05, 0.1) is 18.8 Å². The van der Waals surface area contributed by atoms with Crippen molar-refractivity contribution in [2.45, 2.75) is 13.8 Å². The van der Waals surface area contributed by atoms with Crippen molar-refractivity contribution >= 4 is 29.9 Å². The highest BCUT2D eigenvalue weighted by atomic mass is 35.5. The van der Waals surface area contributed by atoms with Gasteiger partial charge in [0.1, 0.15) is 5.69 Å². The van der Waals surface area contributed by atoms with Crippen molar-refractivity contribution in [3.8, 4) is 5.69 Å². The molecule has 0 aliphatic heterocycles. The van der Waals surface area contributed by atoms with Crippen LogP contribution in [0, 0.1) is 19.7 Å². The van der Waals surface area contributed by atoms with Crippen LogP contribution in [0.5, 0.6) is 0 Å². The summed E-state index contributed by atoms with van der Waals surface area (Å²) in [5.74, 6) is -1.42. The van der Waals surface area contributed by atoms with E-state index in [0.29, 0.717) is 11.4 Å². The zero-order valence-electron chi connectivity index (χ0n) is 13.3. The summed E-state index contributed by atoms with van der Waals surface area (Å²) in [5, 5.41) is 9.05. The third-order valence-electron chi connectivity index (χ3n) is 3.10. The number of anilines is 1. The molecule has 130 valence electrons. The minimum atomic E-state index is -0.514. The average molecular weight is 356 g/mol. The number of benzene rings is 1. The normalized spacial score (nSPS) is 10.0. The fourth-order valence-electron chi connectivity index (χ4n) is 2.09. The van der Waals surface area contributed by atoms with Crippen molar-refractivity contribution in [3.63, 3.8) is 0 Å². The van der Waals surface area contributed by atoms with Crippen LogP contribution in [0.4, 0.5) is 10.1 Å². The lowest BCUT2D eigenvalue weighted by atomic mass is 10.2. The number of aryl methyl sites for hydroxylation is 2. The highest BCUT2D eigenvalue weighted by Gasteiger charge is 2.11. The van der Waals surface area contributed by atoms with E-state index in [1.54, 1.807) is 6.07 Å². The van der Waals surface area contributed by atoms with E-state index in [1.165, 1.54) is 16.8 Å². The Morgan fingerprint density at radius 3 is 2.50 bits per heavy atom. The lowest BCUT2D eigenvalue weighted by Crippen LogP contribution is -2.36. The van der Waals surface area contributed by atoms with Crippen molar-refractivity contribution < 1.29 is 14.0 Å². The van der Waals surface area contributed by atoms with E-state index in [9.17, 15) is 14.0 Å². The summed E-state index contributed by atoms with van der Waals surface area (Å²) in [6.07, 6.45) is 0. The van der Waals surface area contributed by atoms with Crippen LogP contribution in [0.2, 0.25) is 0 Å². The summed E-state index contributed by atoms with van der Waals surface area (Å²) in [5.41, 5.74) is 7.30. The van der Waals surface area contributed by atoms with Crippen LogP contribution in [0.15, 0.2) is 24.3 Å². The number of carbonyl (C=O) groups excluding carboxylic acids is 2. The lowest BCUT2D eigenvalue weighted by molar-refractivity contribution is -0.123. The number of hydrogen-bond acceptors (Lipinski definition) is 4. The summed E-state index contributed by atoms with van der Waals surface area (Å²) in [7, 11) is 0. The minimum Gasteiger partial charge on any atom is -0.346 e. The highest BCUT2D eigenvalue weighted by Crippen LogP contribution is 2.19. The van der Waals surface area contributed by atoms with Crippen LogP contribution < -0.4 is 16.4 Å². The second kappa shape index (κ2) is 8.42. The molecule has 0 aliphatic rings. The van der Waals surface area contributed by atoms with E-state index in [2.05, 4.69) is 15.7 Å². The fraction of sp³-hybridized carbons (Fsp3) is 0.267. The van der Waals surface area contributed by atoms with Gasteiger partial charge in [-0.05, 0) is 38.1 Å². The Labute approximate surface area is 144 Å². The molecule has 4 N–H and O–H groups in total. The van der Waals surface area contributed by atoms with Gasteiger partial charge in [0.25, 0.3) is 0 Å². The van der Waals surface area contributed by atoms with Crippen molar-refractivity contribution in [2.24, 2.45) is 5.73 Å². The van der Waals surface area contributed by atoms with Crippen molar-refractivity contribution in [3.05, 3.63) is 41.5 Å². The number of rotatable bonds is 5. The van der Waals surface area contributed by atoms with Gasteiger partial charge >= 0.3 is 0 Å². The molecule has 9 heteroatoms. The average Bonchev–Trinajstić information content (AvgIpc) is 2.83. The maximum Gasteiger partial charge on any atom is 0.243 e. The van der Waals surface area contributed by atoms with Gasteiger partial charge in [-0.1, -0.05) is 0 Å². The summed E-state index contributed by atoms with van der Waals surface area (Å²) >= 11 is 0. The number of hydrogen-bond donors (Lipinski definition) is 3. The number of halogens is 2. The van der Waals surface area contributed by atoms with Gasteiger partial charge in [0, 0.05) is 11.4 Å². The van der Waals surface area contributed by atoms with Crippen LogP contribution in [0.3, 0.4) is 0 Å². The molecule has 2 aromatic rings. The molecule has 0 bridgehead atoms. The Bertz CT molecular complexity index is 747. The van der Waals surface area contributed by atoms with Crippen molar-refractivity contribution in [2.75, 3.05) is 18.4 Å². The van der Waals surface area contributed by atoms with Crippen LogP contribution in [0.25, 0.3) is 5.69 Å². The van der Waals surface area contributed by atoms with Crippen LogP contribution in [0.1, 0.15) is 11.4 Å². The van der Waals surface area contributed by atoms with Gasteiger partial charge in [-0.25, -0.2) is 9.07 Å². The number of carbonyl (C=O) groups is 2. The first-order valence-corrected chi connectivity index (χ1v) is 7.00. The van der Waals surface area contributed by atoms with Gasteiger partial charge in [0.15, 0.2) is 5.82 Å². The molecule has 24 heavy (non-hydrogen) atoms. The van der Waals surface area contributed by atoms with Gasteiger partial charge in [-0.15, -0.1) is 12.4 Å². The number of aromatic nitrogens is 2. The summed E-state index contributed by atoms with van der Waals surface area (Å²) in [6.45, 7) is 3.23. The third-order valence-corrected chi connectivity index (χ3v) is 3.10. The van der Waals surface area contributed by atoms with E-state index in [0.717, 1.165) is 11.4 Å². The number of nitrogens with two attached hydrogens (primary N) is 1. The molecule has 0 aliphatic carbocycles. The summed E-state index contributed by atoms with van der Waals surface area (Å²) < 4.78 is 15.7. The quantitative estimate of drug-likeness (QED) is 0.746. The number of nitrogens with one attached hydrogen (secondary N) is 2. The molecule has 1 aromatic carbocycles. The monoisotopic (exact) mass is 355 g/mol. The molecule has 0 radical (unpaired) electrons. The molecule has 0 spiro atoms. The molecule has 0 saturated heterocycles. The minimum absolute atomic E-state index is 0. The molecule has 1 aromatic heterocycles. The maximum atomic E-state index is 14.2. The van der Waals surface area contributed by atoms with Crippen LogP contribution in [-0.4, -0.2) is 34.7 Å². The van der Waals surface area contributed by atoms with Crippen LogP contribution in [-0.2, 0) is 9.59 Å². The Morgan fingerprint density at radius 1 is 1.25 bits per heavy atom. The molecule has 0 atom stereocenters. The molecule has 0 unspecified atom stereocenters. The fourth-order valence-corrected chi connectivity index (χ4v) is 2.09. The Hall–Kier alpha value is -2.45. The number of nitrogens with zero attached hydrogens (tertiary/aromatic N) is 2. The Kier molecular flexibility index (Phi) is 6.87. The van der Waals surface area contributed by atoms with Gasteiger partial charge in [-0.3, -0.25) is 9.59 Å². The van der Waals surface area contributed by atoms with Crippen molar-refractivity contribution in [1.82, 2.24) is 15.1 Å². The Balaban J connectivity index is 0.00000288. The number of amides is 2. The molecule has 0 saturated carbocycles. The van der Waals surface area contributed by atoms with E-state index in [4.69, 9.17) is 5.73 Å². The zero-order chi connectivity index (χ0) is 17.0. The molecular weight excluding hydrogens is 337 g/mol. The lowest BCUT2D eigenvalue weighted by Gasteiger charge is -2.10. The maximum absolute atomic E-state index is 14.2. The molecule has 7 nitrogen and oxygen atoms in total. The smallest absolute Gasteiger partial charge is 0.243 e. The highest BCUT2D eigenvalue weighted by molar-refractivity contribution is 5.94. The van der Waals surface area contributed by atoms with E-state index >= 15 is 0 Å². The largest absolute Gasteiger partial charge is 0.346 e. The van der Waals surface area contributed by atoms with Gasteiger partial charge < -0.3 is 16.4 Å². The predicted molar refractivity (Wildman–Crippen MR) is 90.9 cm³/mol. The second-order valence-corrected chi connectivity index (χ2v) is 5.03. The van der Waals surface area contributed by atoms with E-state index < -0.39 is 17.6 Å². The van der Waals surface area contributed by atoms with Gasteiger partial charge in [-0.2, -0.15) is 5.10 Å². The second-order valence-electron chi connectivity index (χ2n) is 5.03. The van der Waals surface area contributed by atoms with Gasteiger partial charge in [0.2, 0.25) is 11.8 Å². The molecule has 0 fully saturated rings. The van der Waals surface area contributed by atoms with Crippen molar-refractivity contribution in [1.29, 1.82) is 0 Å². The summed E-state index contributed by atoms with van der Waals surface area (Å²) in [4.78, 5) is 22.6. The topological polar surface area (TPSA) is 102 Å². The molecule has 2 rings (SSSR count). The standard InChI is InChI=1S/C15H18FN5O2.ClH/c1-9-5-10(2)21(20-9)13-4-3-11(6-12(13)16)19-15(23)8-18-14(22)7-17;/h3-6H,7-8,17H2,1-2H3,(H,18,22)(H,19,23);1H. The van der Waals surface area contributed by atoms with E-state index in [1.807, 2.05) is 19.9 Å². The predicted octanol–water partition coefficient (Wildman–Crippen LogP) is 1.06. The third kappa shape index (κ3) is 4.77. The SMILES string of the molecule is Cc1cc(C)n(-c2ccc(NC(=O)CNC(=O)CN)cc2F)n1.Cl. The first kappa shape index (κ1) is 19.6.